The van der Waals surface area contributed by atoms with E-state index in [-0.39, 0.29) is 6.04 Å². The van der Waals surface area contributed by atoms with Crippen molar-refractivity contribution >= 4 is 5.82 Å². The molecule has 5 nitrogen and oxygen atoms in total. The van der Waals surface area contributed by atoms with E-state index in [4.69, 9.17) is 5.73 Å². The lowest BCUT2D eigenvalue weighted by atomic mass is 10.0. The number of aromatic nitrogens is 2. The van der Waals surface area contributed by atoms with Gasteiger partial charge in [0.1, 0.15) is 5.82 Å². The Kier molecular flexibility index (Phi) is 5.27. The maximum Gasteiger partial charge on any atom is 0.130 e. The number of aryl methyl sites for hydroxylation is 2. The average Bonchev–Trinajstić information content (AvgIpc) is 2.73. The molecule has 2 rings (SSSR count). The van der Waals surface area contributed by atoms with Crippen LogP contribution in [0.4, 0.5) is 5.82 Å². The zero-order valence-electron chi connectivity index (χ0n) is 14.3. The van der Waals surface area contributed by atoms with Gasteiger partial charge in [0.25, 0.3) is 0 Å². The summed E-state index contributed by atoms with van der Waals surface area (Å²) in [6, 6.07) is 0.858. The number of nitrogens with zero attached hydrogens (tertiary/aromatic N) is 4. The van der Waals surface area contributed by atoms with Crippen molar-refractivity contribution in [3.8, 4) is 0 Å². The minimum Gasteiger partial charge on any atom is -0.354 e. The SMILES string of the molecule is CCC(N)Cc1c(C)nn(C)c1N1CCN(C(C)C)CC1. The van der Waals surface area contributed by atoms with Crippen LogP contribution in [0, 0.1) is 6.92 Å². The molecule has 0 saturated carbocycles. The van der Waals surface area contributed by atoms with Crippen LogP contribution in [0.5, 0.6) is 0 Å². The molecule has 1 aliphatic heterocycles. The Labute approximate surface area is 129 Å². The van der Waals surface area contributed by atoms with E-state index < -0.39 is 0 Å². The fourth-order valence-corrected chi connectivity index (χ4v) is 3.18. The van der Waals surface area contributed by atoms with Gasteiger partial charge >= 0.3 is 0 Å². The van der Waals surface area contributed by atoms with Crippen LogP contribution in [0.2, 0.25) is 0 Å². The normalized spacial score (nSPS) is 18.5. The summed E-state index contributed by atoms with van der Waals surface area (Å²) in [5.74, 6) is 1.28. The molecule has 0 aromatic carbocycles. The second-order valence-corrected chi connectivity index (χ2v) is 6.50. The molecule has 0 amide bonds. The standard InChI is InChI=1S/C16H31N5/c1-6-14(17)11-15-13(4)18-19(5)16(15)21-9-7-20(8-10-21)12(2)3/h12,14H,6-11,17H2,1-5H3. The monoisotopic (exact) mass is 293 g/mol. The van der Waals surface area contributed by atoms with Crippen LogP contribution in [0.3, 0.4) is 0 Å². The first-order chi connectivity index (χ1) is 9.93. The van der Waals surface area contributed by atoms with Crippen LogP contribution in [-0.4, -0.2) is 52.9 Å². The number of hydrogen-bond acceptors (Lipinski definition) is 4. The molecular weight excluding hydrogens is 262 g/mol. The van der Waals surface area contributed by atoms with Crippen molar-refractivity contribution in [1.29, 1.82) is 0 Å². The highest BCUT2D eigenvalue weighted by Gasteiger charge is 2.25. The Hall–Kier alpha value is -1.07. The number of anilines is 1. The smallest absolute Gasteiger partial charge is 0.130 e. The Morgan fingerprint density at radius 1 is 1.19 bits per heavy atom. The number of nitrogens with two attached hydrogens (primary N) is 1. The minimum atomic E-state index is 0.226. The van der Waals surface area contributed by atoms with Gasteiger partial charge in [-0.05, 0) is 33.6 Å². The molecule has 1 aliphatic rings. The lowest BCUT2D eigenvalue weighted by molar-refractivity contribution is 0.208. The molecule has 0 radical (unpaired) electrons. The van der Waals surface area contributed by atoms with Crippen LogP contribution in [0.1, 0.15) is 38.4 Å². The van der Waals surface area contributed by atoms with Gasteiger partial charge in [-0.3, -0.25) is 9.58 Å². The Balaban J connectivity index is 2.16. The van der Waals surface area contributed by atoms with Crippen LogP contribution >= 0.6 is 0 Å². The maximum absolute atomic E-state index is 6.18. The molecular formula is C16H31N5. The third-order valence-electron chi connectivity index (χ3n) is 4.65. The molecule has 120 valence electrons. The molecule has 1 atom stereocenters. The van der Waals surface area contributed by atoms with Gasteiger partial charge in [0.15, 0.2) is 0 Å². The van der Waals surface area contributed by atoms with Crippen molar-refractivity contribution in [3.05, 3.63) is 11.3 Å². The average molecular weight is 293 g/mol. The Morgan fingerprint density at radius 3 is 2.33 bits per heavy atom. The lowest BCUT2D eigenvalue weighted by Gasteiger charge is -2.38. The third-order valence-corrected chi connectivity index (χ3v) is 4.65. The molecule has 0 aliphatic carbocycles. The summed E-state index contributed by atoms with van der Waals surface area (Å²) >= 11 is 0. The molecule has 1 saturated heterocycles. The molecule has 0 spiro atoms. The first kappa shape index (κ1) is 16.3. The van der Waals surface area contributed by atoms with Gasteiger partial charge in [-0.15, -0.1) is 0 Å². The van der Waals surface area contributed by atoms with Gasteiger partial charge in [0.2, 0.25) is 0 Å². The van der Waals surface area contributed by atoms with Crippen LogP contribution in [0.25, 0.3) is 0 Å². The Morgan fingerprint density at radius 2 is 1.81 bits per heavy atom. The van der Waals surface area contributed by atoms with E-state index in [0.29, 0.717) is 6.04 Å². The van der Waals surface area contributed by atoms with E-state index in [1.165, 1.54) is 11.4 Å². The number of hydrogen-bond donors (Lipinski definition) is 1. The molecule has 2 N–H and O–H groups in total. The predicted octanol–water partition coefficient (Wildman–Crippen LogP) is 1.54. The second-order valence-electron chi connectivity index (χ2n) is 6.50. The molecule has 1 unspecified atom stereocenters. The molecule has 21 heavy (non-hydrogen) atoms. The maximum atomic E-state index is 6.18. The largest absolute Gasteiger partial charge is 0.354 e. The predicted molar refractivity (Wildman–Crippen MR) is 88.8 cm³/mol. The molecule has 1 aromatic rings. The highest BCUT2D eigenvalue weighted by molar-refractivity contribution is 5.51. The van der Waals surface area contributed by atoms with E-state index in [1.54, 1.807) is 0 Å². The molecule has 5 heteroatoms. The van der Waals surface area contributed by atoms with Gasteiger partial charge in [-0.1, -0.05) is 6.92 Å². The highest BCUT2D eigenvalue weighted by atomic mass is 15.4. The molecule has 1 fully saturated rings. The van der Waals surface area contributed by atoms with E-state index in [2.05, 4.69) is 49.6 Å². The fourth-order valence-electron chi connectivity index (χ4n) is 3.18. The van der Waals surface area contributed by atoms with Crippen molar-refractivity contribution in [3.63, 3.8) is 0 Å². The highest BCUT2D eigenvalue weighted by Crippen LogP contribution is 2.26. The van der Waals surface area contributed by atoms with Crippen molar-refractivity contribution < 1.29 is 0 Å². The summed E-state index contributed by atoms with van der Waals surface area (Å²) in [5, 5.41) is 4.63. The van der Waals surface area contributed by atoms with Crippen molar-refractivity contribution in [2.75, 3.05) is 31.1 Å². The second kappa shape index (κ2) is 6.79. The van der Waals surface area contributed by atoms with Gasteiger partial charge < -0.3 is 10.6 Å². The molecule has 1 aromatic heterocycles. The Bertz CT molecular complexity index is 457. The van der Waals surface area contributed by atoms with Crippen LogP contribution in [0.15, 0.2) is 0 Å². The number of piperazine rings is 1. The van der Waals surface area contributed by atoms with Gasteiger partial charge in [-0.25, -0.2) is 0 Å². The summed E-state index contributed by atoms with van der Waals surface area (Å²) in [6.45, 7) is 13.2. The third kappa shape index (κ3) is 3.58. The molecule has 2 heterocycles. The van der Waals surface area contributed by atoms with E-state index in [0.717, 1.165) is 44.7 Å². The van der Waals surface area contributed by atoms with Crippen molar-refractivity contribution in [2.24, 2.45) is 12.8 Å². The summed E-state index contributed by atoms with van der Waals surface area (Å²) in [7, 11) is 2.05. The van der Waals surface area contributed by atoms with E-state index >= 15 is 0 Å². The van der Waals surface area contributed by atoms with E-state index in [1.807, 2.05) is 4.68 Å². The van der Waals surface area contributed by atoms with Gasteiger partial charge in [0, 0.05) is 50.9 Å². The number of rotatable bonds is 5. The summed E-state index contributed by atoms with van der Waals surface area (Å²) < 4.78 is 2.04. The van der Waals surface area contributed by atoms with Gasteiger partial charge in [0.05, 0.1) is 5.69 Å². The fraction of sp³-hybridized carbons (Fsp3) is 0.812. The van der Waals surface area contributed by atoms with Crippen molar-refractivity contribution in [2.45, 2.75) is 52.6 Å². The topological polar surface area (TPSA) is 50.3 Å². The van der Waals surface area contributed by atoms with Crippen LogP contribution in [-0.2, 0) is 13.5 Å². The first-order valence-corrected chi connectivity index (χ1v) is 8.21. The van der Waals surface area contributed by atoms with Gasteiger partial charge in [-0.2, -0.15) is 5.10 Å². The quantitative estimate of drug-likeness (QED) is 0.895. The minimum absolute atomic E-state index is 0.226. The summed E-state index contributed by atoms with van der Waals surface area (Å²) in [4.78, 5) is 5.02. The zero-order chi connectivity index (χ0) is 15.6. The van der Waals surface area contributed by atoms with Crippen molar-refractivity contribution in [1.82, 2.24) is 14.7 Å². The summed E-state index contributed by atoms with van der Waals surface area (Å²) in [6.07, 6.45) is 1.94. The first-order valence-electron chi connectivity index (χ1n) is 8.21. The lowest BCUT2D eigenvalue weighted by Crippen LogP contribution is -2.49. The summed E-state index contributed by atoms with van der Waals surface area (Å²) in [5.41, 5.74) is 8.64. The van der Waals surface area contributed by atoms with E-state index in [9.17, 15) is 0 Å². The molecule has 0 bridgehead atoms. The van der Waals surface area contributed by atoms with Crippen LogP contribution < -0.4 is 10.6 Å². The zero-order valence-corrected chi connectivity index (χ0v) is 14.3.